The van der Waals surface area contributed by atoms with Crippen LogP contribution in [0.3, 0.4) is 0 Å². The number of amides is 2. The Morgan fingerprint density at radius 1 is 1.00 bits per heavy atom. The highest BCUT2D eigenvalue weighted by atomic mass is 16.5. The van der Waals surface area contributed by atoms with Crippen LogP contribution < -0.4 is 15.4 Å². The number of hydrogen-bond donors (Lipinski definition) is 2. The maximum absolute atomic E-state index is 12.3. The zero-order valence-corrected chi connectivity index (χ0v) is 18.0. The van der Waals surface area contributed by atoms with Gasteiger partial charge >= 0.3 is 12.0 Å². The summed E-state index contributed by atoms with van der Waals surface area (Å²) < 4.78 is 10.9. The molecule has 1 unspecified atom stereocenters. The molecule has 0 spiro atoms. The minimum Gasteiger partial charge on any atom is -0.466 e. The molecule has 2 aromatic rings. The average Bonchev–Trinajstić information content (AvgIpc) is 2.73. The quantitative estimate of drug-likeness (QED) is 0.685. The van der Waals surface area contributed by atoms with Crippen molar-refractivity contribution in [3.05, 3.63) is 70.9 Å². The number of ether oxygens (including phenoxy) is 2. The van der Waals surface area contributed by atoms with Crippen LogP contribution in [0, 0.1) is 0 Å². The Bertz CT molecular complexity index is 954. The highest BCUT2D eigenvalue weighted by molar-refractivity contribution is 5.95. The van der Waals surface area contributed by atoms with E-state index < -0.39 is 12.0 Å². The second-order valence-electron chi connectivity index (χ2n) is 8.21. The largest absolute Gasteiger partial charge is 0.466 e. The van der Waals surface area contributed by atoms with E-state index >= 15 is 0 Å². The van der Waals surface area contributed by atoms with Crippen molar-refractivity contribution < 1.29 is 19.1 Å². The van der Waals surface area contributed by atoms with E-state index in [0.29, 0.717) is 23.4 Å². The van der Waals surface area contributed by atoms with Crippen molar-refractivity contribution in [2.24, 2.45) is 0 Å². The molecule has 0 radical (unpaired) electrons. The fourth-order valence-corrected chi connectivity index (χ4v) is 3.39. The first-order chi connectivity index (χ1) is 14.2. The van der Waals surface area contributed by atoms with Crippen LogP contribution in [0.25, 0.3) is 0 Å². The third-order valence-corrected chi connectivity index (χ3v) is 5.08. The predicted octanol–water partition coefficient (Wildman–Crippen LogP) is 4.97. The lowest BCUT2D eigenvalue weighted by molar-refractivity contribution is -0.136. The van der Waals surface area contributed by atoms with Crippen LogP contribution in [-0.4, -0.2) is 19.1 Å². The van der Waals surface area contributed by atoms with Gasteiger partial charge in [-0.2, -0.15) is 0 Å². The van der Waals surface area contributed by atoms with Gasteiger partial charge in [0.15, 0.2) is 0 Å². The molecule has 1 aliphatic heterocycles. The zero-order chi connectivity index (χ0) is 21.9. The van der Waals surface area contributed by atoms with Gasteiger partial charge in [-0.3, -0.25) is 0 Å². The Labute approximate surface area is 177 Å². The minimum atomic E-state index is -0.582. The number of carbonyl (C=O) groups is 2. The highest BCUT2D eigenvalue weighted by Crippen LogP contribution is 2.31. The van der Waals surface area contributed by atoms with Crippen molar-refractivity contribution in [3.63, 3.8) is 0 Å². The van der Waals surface area contributed by atoms with E-state index in [1.165, 1.54) is 12.7 Å². The molecule has 158 valence electrons. The Kier molecular flexibility index (Phi) is 6.15. The molecular weight excluding hydrogens is 380 g/mol. The Morgan fingerprint density at radius 2 is 1.57 bits per heavy atom. The van der Waals surface area contributed by atoms with Gasteiger partial charge < -0.3 is 20.1 Å². The van der Waals surface area contributed by atoms with Crippen molar-refractivity contribution in [3.8, 4) is 11.5 Å². The summed E-state index contributed by atoms with van der Waals surface area (Å²) in [6.07, 6.45) is 0.514. The predicted molar refractivity (Wildman–Crippen MR) is 115 cm³/mol. The van der Waals surface area contributed by atoms with E-state index in [9.17, 15) is 9.59 Å². The number of urea groups is 1. The van der Waals surface area contributed by atoms with Gasteiger partial charge in [-0.25, -0.2) is 9.59 Å². The second-order valence-corrected chi connectivity index (χ2v) is 8.21. The first-order valence-corrected chi connectivity index (χ1v) is 10.00. The van der Waals surface area contributed by atoms with Gasteiger partial charge in [0.25, 0.3) is 0 Å². The number of esters is 1. The van der Waals surface area contributed by atoms with E-state index in [2.05, 4.69) is 43.5 Å². The molecule has 3 rings (SSSR count). The van der Waals surface area contributed by atoms with Gasteiger partial charge in [0, 0.05) is 5.70 Å². The lowest BCUT2D eigenvalue weighted by atomic mass is 9.87. The Morgan fingerprint density at radius 3 is 2.07 bits per heavy atom. The number of benzene rings is 2. The molecule has 6 nitrogen and oxygen atoms in total. The monoisotopic (exact) mass is 408 g/mol. The van der Waals surface area contributed by atoms with E-state index in [1.807, 2.05) is 43.3 Å². The van der Waals surface area contributed by atoms with Gasteiger partial charge in [0.1, 0.15) is 11.5 Å². The van der Waals surface area contributed by atoms with Gasteiger partial charge in [-0.05, 0) is 47.2 Å². The molecule has 1 atom stereocenters. The maximum atomic E-state index is 12.3. The van der Waals surface area contributed by atoms with Crippen molar-refractivity contribution in [1.29, 1.82) is 0 Å². The molecule has 0 saturated carbocycles. The molecule has 0 aromatic heterocycles. The summed E-state index contributed by atoms with van der Waals surface area (Å²) in [5.41, 5.74) is 3.06. The Balaban J connectivity index is 1.82. The highest BCUT2D eigenvalue weighted by Gasteiger charge is 2.32. The van der Waals surface area contributed by atoms with Gasteiger partial charge in [-0.1, -0.05) is 52.0 Å². The fraction of sp³-hybridized carbons (Fsp3) is 0.333. The topological polar surface area (TPSA) is 76.7 Å². The lowest BCUT2D eigenvalue weighted by Gasteiger charge is -2.28. The average molecular weight is 408 g/mol. The number of allylic oxidation sites excluding steroid dienone is 1. The molecule has 2 aromatic carbocycles. The maximum Gasteiger partial charge on any atom is 0.337 e. The smallest absolute Gasteiger partial charge is 0.337 e. The SMILES string of the molecule is CCC1=C(C(=O)OC)C(c2ccc(Oc3ccc(C(C)(C)C)cc3)cc2)NC(=O)N1. The molecule has 6 heteroatoms. The molecule has 30 heavy (non-hydrogen) atoms. The van der Waals surface area contributed by atoms with Crippen LogP contribution in [0.1, 0.15) is 51.3 Å². The van der Waals surface area contributed by atoms with E-state index in [-0.39, 0.29) is 11.4 Å². The van der Waals surface area contributed by atoms with E-state index in [1.54, 1.807) is 0 Å². The van der Waals surface area contributed by atoms with Gasteiger partial charge in [0.05, 0.1) is 18.7 Å². The fourth-order valence-electron chi connectivity index (χ4n) is 3.39. The summed E-state index contributed by atoms with van der Waals surface area (Å²) >= 11 is 0. The number of hydrogen-bond acceptors (Lipinski definition) is 4. The second kappa shape index (κ2) is 8.61. The molecule has 0 aliphatic carbocycles. The molecule has 0 bridgehead atoms. The van der Waals surface area contributed by atoms with E-state index in [4.69, 9.17) is 9.47 Å². The first kappa shape index (κ1) is 21.4. The van der Waals surface area contributed by atoms with Crippen LogP contribution in [0.4, 0.5) is 4.79 Å². The summed E-state index contributed by atoms with van der Waals surface area (Å²) in [6, 6.07) is 14.4. The number of methoxy groups -OCH3 is 1. The minimum absolute atomic E-state index is 0.0850. The van der Waals surface area contributed by atoms with Crippen molar-refractivity contribution in [1.82, 2.24) is 10.6 Å². The normalized spacial score (nSPS) is 16.6. The summed E-state index contributed by atoms with van der Waals surface area (Å²) in [5, 5.41) is 5.50. The van der Waals surface area contributed by atoms with Crippen LogP contribution in [0.5, 0.6) is 11.5 Å². The third kappa shape index (κ3) is 4.64. The number of carbonyl (C=O) groups excluding carboxylic acids is 2. The molecule has 0 saturated heterocycles. The van der Waals surface area contributed by atoms with E-state index in [0.717, 1.165) is 11.3 Å². The molecule has 2 amide bonds. The number of nitrogens with one attached hydrogen (secondary N) is 2. The molecule has 1 heterocycles. The number of rotatable bonds is 5. The van der Waals surface area contributed by atoms with Crippen LogP contribution >= 0.6 is 0 Å². The standard InChI is InChI=1S/C24H28N2O4/c1-6-19-20(22(27)29-5)21(26-23(28)25-19)15-7-11-17(12-8-15)30-18-13-9-16(10-14-18)24(2,3)4/h7-14,21H,6H2,1-5H3,(H2,25,26,28). The van der Waals surface area contributed by atoms with Crippen LogP contribution in [0.2, 0.25) is 0 Å². The summed E-state index contributed by atoms with van der Waals surface area (Å²) in [7, 11) is 1.33. The van der Waals surface area contributed by atoms with Crippen molar-refractivity contribution >= 4 is 12.0 Å². The third-order valence-electron chi connectivity index (χ3n) is 5.08. The van der Waals surface area contributed by atoms with Crippen molar-refractivity contribution in [2.45, 2.75) is 45.6 Å². The zero-order valence-electron chi connectivity index (χ0n) is 18.0. The van der Waals surface area contributed by atoms with Crippen molar-refractivity contribution in [2.75, 3.05) is 7.11 Å². The molecular formula is C24H28N2O4. The lowest BCUT2D eigenvalue weighted by Crippen LogP contribution is -2.45. The summed E-state index contributed by atoms with van der Waals surface area (Å²) in [4.78, 5) is 24.4. The van der Waals surface area contributed by atoms with Crippen LogP contribution in [0.15, 0.2) is 59.8 Å². The first-order valence-electron chi connectivity index (χ1n) is 10.00. The summed E-state index contributed by atoms with van der Waals surface area (Å²) in [6.45, 7) is 8.38. The molecule has 0 fully saturated rings. The molecule has 1 aliphatic rings. The summed E-state index contributed by atoms with van der Waals surface area (Å²) in [5.74, 6) is 0.944. The van der Waals surface area contributed by atoms with Gasteiger partial charge in [0.2, 0.25) is 0 Å². The molecule has 2 N–H and O–H groups in total. The van der Waals surface area contributed by atoms with Crippen LogP contribution in [-0.2, 0) is 14.9 Å². The van der Waals surface area contributed by atoms with Gasteiger partial charge in [-0.15, -0.1) is 0 Å². The Hall–Kier alpha value is -3.28.